The molecule has 0 N–H and O–H groups in total. The van der Waals surface area contributed by atoms with Crippen molar-refractivity contribution < 1.29 is 18.0 Å². The van der Waals surface area contributed by atoms with Gasteiger partial charge in [-0.15, -0.1) is 0 Å². The Labute approximate surface area is 116 Å². The van der Waals surface area contributed by atoms with E-state index in [4.69, 9.17) is 0 Å². The van der Waals surface area contributed by atoms with Gasteiger partial charge in [0.05, 0.1) is 10.9 Å². The van der Waals surface area contributed by atoms with Crippen molar-refractivity contribution in [3.05, 3.63) is 30.3 Å². The van der Waals surface area contributed by atoms with Gasteiger partial charge in [-0.2, -0.15) is 0 Å². The minimum absolute atomic E-state index is 0.118. The number of carbonyl (C=O) groups excluding carboxylic acids is 2. The van der Waals surface area contributed by atoms with E-state index in [1.807, 2.05) is 0 Å². The van der Waals surface area contributed by atoms with Crippen LogP contribution in [0.15, 0.2) is 35.2 Å². The van der Waals surface area contributed by atoms with E-state index < -0.39 is 32.6 Å². The first-order chi connectivity index (χ1) is 9.34. The van der Waals surface area contributed by atoms with Gasteiger partial charge in [0.2, 0.25) is 0 Å². The number of amides is 3. The van der Waals surface area contributed by atoms with Crippen molar-refractivity contribution >= 4 is 21.8 Å². The van der Waals surface area contributed by atoms with Crippen LogP contribution in [0.25, 0.3) is 0 Å². The van der Waals surface area contributed by atoms with Crippen molar-refractivity contribution in [2.24, 2.45) is 0 Å². The molecule has 6 nitrogen and oxygen atoms in total. The molecule has 0 spiro atoms. The molecule has 7 heteroatoms. The normalized spacial score (nSPS) is 29.4. The molecule has 0 radical (unpaired) electrons. The van der Waals surface area contributed by atoms with Crippen LogP contribution in [0.3, 0.4) is 0 Å². The molecule has 1 saturated carbocycles. The number of hydrogen-bond donors (Lipinski definition) is 0. The van der Waals surface area contributed by atoms with Gasteiger partial charge in [0.15, 0.2) is 14.6 Å². The summed E-state index contributed by atoms with van der Waals surface area (Å²) in [5, 5.41) is 0. The van der Waals surface area contributed by atoms with Gasteiger partial charge < -0.3 is 4.90 Å². The van der Waals surface area contributed by atoms with Crippen molar-refractivity contribution in [1.29, 1.82) is 0 Å². The largest absolute Gasteiger partial charge is 0.326 e. The molecule has 1 aliphatic carbocycles. The molecule has 1 saturated heterocycles. The lowest BCUT2D eigenvalue weighted by molar-refractivity contribution is -0.129. The molecule has 0 aromatic heterocycles. The van der Waals surface area contributed by atoms with Crippen LogP contribution in [0.1, 0.15) is 6.42 Å². The Morgan fingerprint density at radius 3 is 2.35 bits per heavy atom. The SMILES string of the molecule is CN1C(=O)N(C)[C@@H]2C[C@]2(S(=O)(=O)c2ccccc2)C1=O. The number of benzene rings is 1. The highest BCUT2D eigenvalue weighted by molar-refractivity contribution is 7.94. The fourth-order valence-corrected chi connectivity index (χ4v) is 5.06. The van der Waals surface area contributed by atoms with E-state index in [9.17, 15) is 18.0 Å². The van der Waals surface area contributed by atoms with Crippen LogP contribution in [-0.4, -0.2) is 55.0 Å². The molecule has 2 aliphatic rings. The van der Waals surface area contributed by atoms with Gasteiger partial charge in [0.25, 0.3) is 5.91 Å². The lowest BCUT2D eigenvalue weighted by Crippen LogP contribution is -2.58. The summed E-state index contributed by atoms with van der Waals surface area (Å²) in [5.41, 5.74) is 0. The summed E-state index contributed by atoms with van der Waals surface area (Å²) in [6.07, 6.45) is 0.162. The second-order valence-electron chi connectivity index (χ2n) is 5.18. The molecule has 1 aliphatic heterocycles. The fourth-order valence-electron chi connectivity index (χ4n) is 2.86. The Balaban J connectivity index is 2.12. The van der Waals surface area contributed by atoms with Crippen molar-refractivity contribution in [2.75, 3.05) is 14.1 Å². The maximum Gasteiger partial charge on any atom is 0.326 e. The molecular weight excluding hydrogens is 280 g/mol. The first-order valence-electron chi connectivity index (χ1n) is 6.18. The van der Waals surface area contributed by atoms with E-state index in [1.165, 1.54) is 31.1 Å². The number of urea groups is 1. The first kappa shape index (κ1) is 13.1. The minimum atomic E-state index is -3.81. The van der Waals surface area contributed by atoms with Crippen molar-refractivity contribution in [1.82, 2.24) is 9.80 Å². The van der Waals surface area contributed by atoms with E-state index in [0.717, 1.165) is 4.90 Å². The van der Waals surface area contributed by atoms with E-state index in [0.29, 0.717) is 0 Å². The zero-order chi connectivity index (χ0) is 14.7. The van der Waals surface area contributed by atoms with Crippen molar-refractivity contribution in [2.45, 2.75) is 22.1 Å². The van der Waals surface area contributed by atoms with Gasteiger partial charge >= 0.3 is 6.03 Å². The summed E-state index contributed by atoms with van der Waals surface area (Å²) in [7, 11) is -0.968. The van der Waals surface area contributed by atoms with Crippen LogP contribution in [0.5, 0.6) is 0 Å². The first-order valence-corrected chi connectivity index (χ1v) is 7.67. The van der Waals surface area contributed by atoms with E-state index in [-0.39, 0.29) is 11.3 Å². The maximum atomic E-state index is 12.8. The van der Waals surface area contributed by atoms with Gasteiger partial charge in [0.1, 0.15) is 0 Å². The molecule has 0 unspecified atom stereocenters. The van der Waals surface area contributed by atoms with E-state index >= 15 is 0 Å². The molecule has 1 aromatic carbocycles. The van der Waals surface area contributed by atoms with Crippen LogP contribution in [0, 0.1) is 0 Å². The molecule has 1 heterocycles. The number of fused-ring (bicyclic) bond motifs is 1. The summed E-state index contributed by atoms with van der Waals surface area (Å²) < 4.78 is 24.0. The summed E-state index contributed by atoms with van der Waals surface area (Å²) in [6, 6.07) is 6.87. The summed E-state index contributed by atoms with van der Waals surface area (Å²) >= 11 is 0. The number of rotatable bonds is 2. The molecule has 3 amide bonds. The number of imide groups is 1. The van der Waals surface area contributed by atoms with Crippen LogP contribution in [0.4, 0.5) is 4.79 Å². The average molecular weight is 294 g/mol. The molecule has 1 aromatic rings. The number of hydrogen-bond acceptors (Lipinski definition) is 4. The summed E-state index contributed by atoms with van der Waals surface area (Å²) in [6.45, 7) is 0. The van der Waals surface area contributed by atoms with Crippen molar-refractivity contribution in [3.63, 3.8) is 0 Å². The molecule has 2 atom stereocenters. The predicted molar refractivity (Wildman–Crippen MR) is 70.7 cm³/mol. The highest BCUT2D eigenvalue weighted by Crippen LogP contribution is 2.53. The minimum Gasteiger partial charge on any atom is -0.322 e. The Hall–Kier alpha value is -1.89. The third-order valence-electron chi connectivity index (χ3n) is 4.13. The highest BCUT2D eigenvalue weighted by Gasteiger charge is 2.75. The number of sulfone groups is 1. The summed E-state index contributed by atoms with van der Waals surface area (Å²) in [4.78, 5) is 26.5. The van der Waals surface area contributed by atoms with E-state index in [1.54, 1.807) is 18.2 Å². The van der Waals surface area contributed by atoms with Crippen LogP contribution < -0.4 is 0 Å². The number of nitrogens with zero attached hydrogens (tertiary/aromatic N) is 2. The second-order valence-corrected chi connectivity index (χ2v) is 7.39. The third-order valence-corrected chi connectivity index (χ3v) is 6.60. The molecular formula is C13H14N2O4S. The van der Waals surface area contributed by atoms with Gasteiger partial charge in [-0.25, -0.2) is 13.2 Å². The molecule has 2 fully saturated rings. The fraction of sp³-hybridized carbons (Fsp3) is 0.385. The maximum absolute atomic E-state index is 12.8. The zero-order valence-corrected chi connectivity index (χ0v) is 11.9. The van der Waals surface area contributed by atoms with Crippen LogP contribution >= 0.6 is 0 Å². The molecule has 20 heavy (non-hydrogen) atoms. The standard InChI is InChI=1S/C13H14N2O4S/c1-14-10-8-13(10,11(16)15(2)12(14)17)20(18,19)9-6-4-3-5-7-9/h3-7,10H,8H2,1-2H3/t10-,13-/m1/s1. The highest BCUT2D eigenvalue weighted by atomic mass is 32.2. The lowest BCUT2D eigenvalue weighted by Gasteiger charge is -2.33. The lowest BCUT2D eigenvalue weighted by atomic mass is 10.3. The molecule has 3 rings (SSSR count). The van der Waals surface area contributed by atoms with Gasteiger partial charge in [-0.05, 0) is 12.1 Å². The van der Waals surface area contributed by atoms with Gasteiger partial charge in [0, 0.05) is 20.5 Å². The van der Waals surface area contributed by atoms with Crippen LogP contribution in [-0.2, 0) is 14.6 Å². The number of carbonyl (C=O) groups is 2. The quantitative estimate of drug-likeness (QED) is 0.796. The Bertz CT molecular complexity index is 700. The van der Waals surface area contributed by atoms with Crippen molar-refractivity contribution in [3.8, 4) is 0 Å². The average Bonchev–Trinajstić information content (AvgIpc) is 3.21. The molecule has 106 valence electrons. The Kier molecular flexibility index (Phi) is 2.50. The Morgan fingerprint density at radius 1 is 1.15 bits per heavy atom. The van der Waals surface area contributed by atoms with Gasteiger partial charge in [-0.1, -0.05) is 18.2 Å². The van der Waals surface area contributed by atoms with Gasteiger partial charge in [-0.3, -0.25) is 9.69 Å². The second kappa shape index (κ2) is 3.82. The predicted octanol–water partition coefficient (Wildman–Crippen LogP) is 0.495. The monoisotopic (exact) mass is 294 g/mol. The summed E-state index contributed by atoms with van der Waals surface area (Å²) in [5.74, 6) is -0.630. The smallest absolute Gasteiger partial charge is 0.322 e. The Morgan fingerprint density at radius 2 is 1.75 bits per heavy atom. The third kappa shape index (κ3) is 1.35. The van der Waals surface area contributed by atoms with E-state index in [2.05, 4.69) is 0 Å². The molecule has 0 bridgehead atoms. The van der Waals surface area contributed by atoms with Crippen LogP contribution in [0.2, 0.25) is 0 Å². The topological polar surface area (TPSA) is 74.8 Å². The zero-order valence-electron chi connectivity index (χ0n) is 11.1.